The molecule has 4 heteroatoms. The van der Waals surface area contributed by atoms with Gasteiger partial charge in [-0.25, -0.2) is 0 Å². The van der Waals surface area contributed by atoms with Crippen molar-refractivity contribution in [2.24, 2.45) is 0 Å². The third-order valence-electron chi connectivity index (χ3n) is 5.66. The maximum atomic E-state index is 9.36. The Hall–Kier alpha value is -3.44. The van der Waals surface area contributed by atoms with Crippen molar-refractivity contribution in [1.82, 2.24) is 5.32 Å². The predicted octanol–water partition coefficient (Wildman–Crippen LogP) is 5.65. The van der Waals surface area contributed by atoms with E-state index in [1.807, 2.05) is 72.8 Å². The molecule has 4 nitrogen and oxygen atoms in total. The fraction of sp³-hybridized carbons (Fsp3) is 0.200. The molecule has 4 aromatic rings. The second-order valence-corrected chi connectivity index (χ2v) is 8.13. The summed E-state index contributed by atoms with van der Waals surface area (Å²) in [6.45, 7) is 2.20. The molecule has 0 aliphatic heterocycles. The number of rotatable bonds is 12. The second-order valence-electron chi connectivity index (χ2n) is 8.13. The Balaban J connectivity index is 1.36. The maximum absolute atomic E-state index is 9.36. The summed E-state index contributed by atoms with van der Waals surface area (Å²) in [4.78, 5) is 0. The summed E-state index contributed by atoms with van der Waals surface area (Å²) in [6, 6.07) is 36.8. The van der Waals surface area contributed by atoms with Crippen LogP contribution in [-0.2, 0) is 24.6 Å². The van der Waals surface area contributed by atoms with Gasteiger partial charge in [-0.05, 0) is 39.9 Å². The lowest BCUT2D eigenvalue weighted by Gasteiger charge is -2.22. The summed E-state index contributed by atoms with van der Waals surface area (Å²) < 4.78 is 12.0. The number of nitrogens with one attached hydrogen (secondary N) is 1. The van der Waals surface area contributed by atoms with E-state index in [-0.39, 0.29) is 12.6 Å². The Bertz CT molecular complexity index is 1110. The highest BCUT2D eigenvalue weighted by atomic mass is 16.5. The van der Waals surface area contributed by atoms with E-state index >= 15 is 0 Å². The molecule has 174 valence electrons. The second kappa shape index (κ2) is 12.7. The first kappa shape index (κ1) is 23.7. The van der Waals surface area contributed by atoms with Crippen molar-refractivity contribution < 1.29 is 14.6 Å². The van der Waals surface area contributed by atoms with Crippen LogP contribution in [0.15, 0.2) is 109 Å². The van der Waals surface area contributed by atoms with Crippen LogP contribution >= 0.6 is 0 Å². The van der Waals surface area contributed by atoms with E-state index in [2.05, 4.69) is 41.7 Å². The monoisotopic (exact) mass is 453 g/mol. The summed E-state index contributed by atoms with van der Waals surface area (Å²) in [6.07, 6.45) is 0. The minimum atomic E-state index is -0.00537. The lowest BCUT2D eigenvalue weighted by Crippen LogP contribution is -2.26. The average Bonchev–Trinajstić information content (AvgIpc) is 2.90. The molecule has 1 unspecified atom stereocenters. The van der Waals surface area contributed by atoms with Gasteiger partial charge in [-0.1, -0.05) is 97.1 Å². The first-order valence-electron chi connectivity index (χ1n) is 11.6. The average molecular weight is 454 g/mol. The zero-order valence-corrected chi connectivity index (χ0v) is 19.3. The van der Waals surface area contributed by atoms with E-state index in [1.54, 1.807) is 0 Å². The smallest absolute Gasteiger partial charge is 0.119 e. The summed E-state index contributed by atoms with van der Waals surface area (Å²) in [7, 11) is 0. The minimum Gasteiger partial charge on any atom is -0.489 e. The molecule has 0 radical (unpaired) electrons. The van der Waals surface area contributed by atoms with Crippen LogP contribution in [0.25, 0.3) is 0 Å². The fourth-order valence-electron chi connectivity index (χ4n) is 3.91. The molecule has 0 aromatic heterocycles. The highest BCUT2D eigenvalue weighted by Gasteiger charge is 2.16. The van der Waals surface area contributed by atoms with Crippen molar-refractivity contribution in [2.45, 2.75) is 25.9 Å². The Labute approximate surface area is 201 Å². The van der Waals surface area contributed by atoms with Crippen molar-refractivity contribution in [3.63, 3.8) is 0 Å². The van der Waals surface area contributed by atoms with E-state index in [0.717, 1.165) is 33.6 Å². The predicted molar refractivity (Wildman–Crippen MR) is 136 cm³/mol. The van der Waals surface area contributed by atoms with Crippen LogP contribution in [-0.4, -0.2) is 18.3 Å². The van der Waals surface area contributed by atoms with Crippen LogP contribution in [0.4, 0.5) is 0 Å². The van der Waals surface area contributed by atoms with E-state index in [1.165, 1.54) is 0 Å². The molecule has 0 amide bonds. The summed E-state index contributed by atoms with van der Waals surface area (Å²) in [5.74, 6) is 0.846. The SMILES string of the molecule is OCCNC(c1ccccc1)c1ccccc1COCc1ccc(OCc2ccccc2)cc1. The molecule has 1 atom stereocenters. The number of aliphatic hydroxyl groups is 1. The molecule has 34 heavy (non-hydrogen) atoms. The Morgan fingerprint density at radius 3 is 2.03 bits per heavy atom. The van der Waals surface area contributed by atoms with Crippen molar-refractivity contribution in [3.8, 4) is 5.75 Å². The van der Waals surface area contributed by atoms with Gasteiger partial charge < -0.3 is 19.9 Å². The van der Waals surface area contributed by atoms with E-state index in [4.69, 9.17) is 9.47 Å². The summed E-state index contributed by atoms with van der Waals surface area (Å²) in [5, 5.41) is 12.8. The molecule has 4 aromatic carbocycles. The molecule has 0 saturated heterocycles. The molecular formula is C30H31NO3. The van der Waals surface area contributed by atoms with Crippen molar-refractivity contribution in [3.05, 3.63) is 137 Å². The number of hydrogen-bond donors (Lipinski definition) is 2. The maximum Gasteiger partial charge on any atom is 0.119 e. The van der Waals surface area contributed by atoms with Gasteiger partial charge in [-0.2, -0.15) is 0 Å². The van der Waals surface area contributed by atoms with Crippen LogP contribution in [0.1, 0.15) is 33.9 Å². The zero-order valence-electron chi connectivity index (χ0n) is 19.3. The van der Waals surface area contributed by atoms with Crippen LogP contribution in [0.2, 0.25) is 0 Å². The molecular weight excluding hydrogens is 422 g/mol. The Kier molecular flexibility index (Phi) is 8.86. The van der Waals surface area contributed by atoms with Gasteiger partial charge in [0.2, 0.25) is 0 Å². The van der Waals surface area contributed by atoms with Gasteiger partial charge in [-0.15, -0.1) is 0 Å². The van der Waals surface area contributed by atoms with Gasteiger partial charge in [0, 0.05) is 6.54 Å². The highest BCUT2D eigenvalue weighted by molar-refractivity contribution is 5.37. The minimum absolute atomic E-state index is 0.00537. The van der Waals surface area contributed by atoms with Gasteiger partial charge in [0.25, 0.3) is 0 Å². The van der Waals surface area contributed by atoms with Crippen LogP contribution < -0.4 is 10.1 Å². The lowest BCUT2D eigenvalue weighted by atomic mass is 9.94. The van der Waals surface area contributed by atoms with Gasteiger partial charge in [0.1, 0.15) is 12.4 Å². The van der Waals surface area contributed by atoms with Crippen LogP contribution in [0, 0.1) is 0 Å². The summed E-state index contributed by atoms with van der Waals surface area (Å²) >= 11 is 0. The van der Waals surface area contributed by atoms with Crippen molar-refractivity contribution >= 4 is 0 Å². The van der Waals surface area contributed by atoms with E-state index in [9.17, 15) is 5.11 Å². The molecule has 0 fully saturated rings. The third kappa shape index (κ3) is 6.78. The molecule has 0 aliphatic rings. The van der Waals surface area contributed by atoms with E-state index in [0.29, 0.717) is 26.4 Å². The lowest BCUT2D eigenvalue weighted by molar-refractivity contribution is 0.106. The van der Waals surface area contributed by atoms with Crippen molar-refractivity contribution in [1.29, 1.82) is 0 Å². The molecule has 0 saturated carbocycles. The Morgan fingerprint density at radius 2 is 1.29 bits per heavy atom. The normalized spacial score (nSPS) is 11.8. The highest BCUT2D eigenvalue weighted by Crippen LogP contribution is 2.26. The molecule has 0 aliphatic carbocycles. The third-order valence-corrected chi connectivity index (χ3v) is 5.66. The summed E-state index contributed by atoms with van der Waals surface area (Å²) in [5.41, 5.74) is 5.70. The quantitative estimate of drug-likeness (QED) is 0.291. The number of benzene rings is 4. The molecule has 0 spiro atoms. The Morgan fingerprint density at radius 1 is 0.647 bits per heavy atom. The van der Waals surface area contributed by atoms with Crippen LogP contribution in [0.5, 0.6) is 5.75 Å². The van der Waals surface area contributed by atoms with Gasteiger partial charge in [0.05, 0.1) is 25.9 Å². The standard InChI is InChI=1S/C30H31NO3/c32-20-19-31-30(26-11-5-2-6-12-26)29-14-8-7-13-27(29)23-33-21-25-15-17-28(18-16-25)34-22-24-9-3-1-4-10-24/h1-18,30-32H,19-23H2. The first-order valence-corrected chi connectivity index (χ1v) is 11.6. The van der Waals surface area contributed by atoms with Gasteiger partial charge >= 0.3 is 0 Å². The molecule has 0 heterocycles. The first-order chi connectivity index (χ1) is 16.8. The van der Waals surface area contributed by atoms with Gasteiger partial charge in [0.15, 0.2) is 0 Å². The molecule has 0 bridgehead atoms. The number of ether oxygens (including phenoxy) is 2. The fourth-order valence-corrected chi connectivity index (χ4v) is 3.91. The van der Waals surface area contributed by atoms with E-state index < -0.39 is 0 Å². The number of hydrogen-bond acceptors (Lipinski definition) is 4. The molecule has 2 N–H and O–H groups in total. The zero-order chi connectivity index (χ0) is 23.4. The van der Waals surface area contributed by atoms with Crippen molar-refractivity contribution in [2.75, 3.05) is 13.2 Å². The molecule has 4 rings (SSSR count). The number of aliphatic hydroxyl groups excluding tert-OH is 1. The van der Waals surface area contributed by atoms with Gasteiger partial charge in [-0.3, -0.25) is 0 Å². The van der Waals surface area contributed by atoms with Crippen LogP contribution in [0.3, 0.4) is 0 Å². The largest absolute Gasteiger partial charge is 0.489 e. The topological polar surface area (TPSA) is 50.7 Å².